The number of nitrogens with two attached hydrogens (primary N) is 1. The number of rotatable bonds is 3. The maximum Gasteiger partial charge on any atom is 0.257 e. The molecule has 20 heavy (non-hydrogen) atoms. The first-order chi connectivity index (χ1) is 9.49. The van der Waals surface area contributed by atoms with Gasteiger partial charge in [0, 0.05) is 10.0 Å². The van der Waals surface area contributed by atoms with Crippen LogP contribution in [0.4, 0.5) is 11.6 Å². The smallest absolute Gasteiger partial charge is 0.257 e. The summed E-state index contributed by atoms with van der Waals surface area (Å²) in [4.78, 5) is 20.2. The van der Waals surface area contributed by atoms with Gasteiger partial charge in [-0.25, -0.2) is 15.8 Å². The lowest BCUT2D eigenvalue weighted by atomic mass is 10.2. The lowest BCUT2D eigenvalue weighted by Gasteiger charge is -2.07. The van der Waals surface area contributed by atoms with Crippen molar-refractivity contribution in [3.63, 3.8) is 0 Å². The Morgan fingerprint density at radius 1 is 1.30 bits per heavy atom. The summed E-state index contributed by atoms with van der Waals surface area (Å²) in [6.45, 7) is 1.83. The van der Waals surface area contributed by atoms with Crippen LogP contribution >= 0.6 is 27.5 Å². The minimum absolute atomic E-state index is 0.172. The van der Waals surface area contributed by atoms with Gasteiger partial charge in [-0.3, -0.25) is 4.79 Å². The molecule has 2 aromatic heterocycles. The summed E-state index contributed by atoms with van der Waals surface area (Å²) in [5.74, 6) is 5.67. The molecule has 4 N–H and O–H groups in total. The highest BCUT2D eigenvalue weighted by Crippen LogP contribution is 2.18. The number of pyridine rings is 2. The van der Waals surface area contributed by atoms with Gasteiger partial charge in [0.2, 0.25) is 0 Å². The van der Waals surface area contributed by atoms with Crippen LogP contribution in [0.2, 0.25) is 5.15 Å². The number of hydrogen-bond acceptors (Lipinski definition) is 5. The molecule has 104 valence electrons. The molecule has 0 fully saturated rings. The molecule has 2 rings (SSSR count). The number of anilines is 2. The van der Waals surface area contributed by atoms with Crippen molar-refractivity contribution < 1.29 is 4.79 Å². The number of nitrogen functional groups attached to an aromatic ring is 1. The minimum atomic E-state index is -0.347. The molecule has 0 bridgehead atoms. The Bertz CT molecular complexity index is 664. The average Bonchev–Trinajstić information content (AvgIpc) is 2.42. The maximum absolute atomic E-state index is 12.1. The van der Waals surface area contributed by atoms with Crippen molar-refractivity contribution >= 4 is 45.1 Å². The molecule has 2 aromatic rings. The van der Waals surface area contributed by atoms with Crippen LogP contribution in [-0.4, -0.2) is 15.9 Å². The van der Waals surface area contributed by atoms with E-state index in [-0.39, 0.29) is 11.1 Å². The quantitative estimate of drug-likeness (QED) is 0.447. The van der Waals surface area contributed by atoms with Crippen molar-refractivity contribution in [2.75, 3.05) is 10.7 Å². The number of carbonyl (C=O) groups is 1. The molecule has 0 saturated carbocycles. The Morgan fingerprint density at radius 3 is 2.70 bits per heavy atom. The van der Waals surface area contributed by atoms with Crippen LogP contribution in [0.1, 0.15) is 16.1 Å². The monoisotopic (exact) mass is 355 g/mol. The topological polar surface area (TPSA) is 92.9 Å². The van der Waals surface area contributed by atoms with Crippen LogP contribution in [-0.2, 0) is 0 Å². The molecule has 0 saturated heterocycles. The van der Waals surface area contributed by atoms with Crippen LogP contribution in [0.15, 0.2) is 28.7 Å². The standard InChI is InChI=1S/C12H11BrClN5O/c1-6-8(13)2-3-10(16-6)18-12(20)7-4-9(14)17-11(5-7)19-15/h2-5H,15H2,1H3,(H,17,19)(H,16,18,20). The number of aryl methyl sites for hydroxylation is 1. The van der Waals surface area contributed by atoms with Gasteiger partial charge in [0.1, 0.15) is 16.8 Å². The molecule has 0 aromatic carbocycles. The molecule has 0 spiro atoms. The van der Waals surface area contributed by atoms with E-state index in [9.17, 15) is 4.79 Å². The summed E-state index contributed by atoms with van der Waals surface area (Å²) >= 11 is 9.16. The second-order valence-corrected chi connectivity index (χ2v) is 5.17. The lowest BCUT2D eigenvalue weighted by Crippen LogP contribution is -2.15. The molecule has 8 heteroatoms. The molecule has 2 heterocycles. The van der Waals surface area contributed by atoms with Crippen molar-refractivity contribution in [1.82, 2.24) is 9.97 Å². The van der Waals surface area contributed by atoms with Crippen LogP contribution in [0.3, 0.4) is 0 Å². The Morgan fingerprint density at radius 2 is 2.05 bits per heavy atom. The Labute approximate surface area is 128 Å². The molecule has 0 aliphatic carbocycles. The van der Waals surface area contributed by atoms with E-state index in [1.165, 1.54) is 12.1 Å². The van der Waals surface area contributed by atoms with E-state index in [0.29, 0.717) is 17.2 Å². The van der Waals surface area contributed by atoms with Crippen LogP contribution in [0.5, 0.6) is 0 Å². The van der Waals surface area contributed by atoms with Crippen molar-refractivity contribution in [1.29, 1.82) is 0 Å². The summed E-state index contributed by atoms with van der Waals surface area (Å²) in [6.07, 6.45) is 0. The van der Waals surface area contributed by atoms with Crippen LogP contribution < -0.4 is 16.6 Å². The summed E-state index contributed by atoms with van der Waals surface area (Å²) in [6, 6.07) is 6.45. The molecule has 0 unspecified atom stereocenters. The highest BCUT2D eigenvalue weighted by molar-refractivity contribution is 9.10. The number of hydrogen-bond donors (Lipinski definition) is 3. The van der Waals surface area contributed by atoms with E-state index < -0.39 is 0 Å². The van der Waals surface area contributed by atoms with Crippen molar-refractivity contribution in [2.45, 2.75) is 6.92 Å². The lowest BCUT2D eigenvalue weighted by molar-refractivity contribution is 0.102. The van der Waals surface area contributed by atoms with Crippen LogP contribution in [0.25, 0.3) is 0 Å². The molecule has 1 amide bonds. The third kappa shape index (κ3) is 3.44. The molecule has 0 aliphatic rings. The van der Waals surface area contributed by atoms with Gasteiger partial charge in [-0.15, -0.1) is 0 Å². The molecular weight excluding hydrogens is 346 g/mol. The fraction of sp³-hybridized carbons (Fsp3) is 0.0833. The molecule has 0 radical (unpaired) electrons. The van der Waals surface area contributed by atoms with Gasteiger partial charge in [-0.05, 0) is 47.1 Å². The van der Waals surface area contributed by atoms with E-state index in [1.807, 2.05) is 13.0 Å². The molecule has 6 nitrogen and oxygen atoms in total. The summed E-state index contributed by atoms with van der Waals surface area (Å²) in [5.41, 5.74) is 3.46. The summed E-state index contributed by atoms with van der Waals surface area (Å²) in [7, 11) is 0. The second kappa shape index (κ2) is 6.17. The largest absolute Gasteiger partial charge is 0.308 e. The number of aromatic nitrogens is 2. The zero-order valence-corrected chi connectivity index (χ0v) is 12.8. The highest BCUT2D eigenvalue weighted by Gasteiger charge is 2.10. The van der Waals surface area contributed by atoms with Crippen molar-refractivity contribution in [2.24, 2.45) is 5.84 Å². The SMILES string of the molecule is Cc1nc(NC(=O)c2cc(Cl)nc(NN)c2)ccc1Br. The first kappa shape index (κ1) is 14.7. The summed E-state index contributed by atoms with van der Waals surface area (Å²) in [5, 5.41) is 2.85. The molecular formula is C12H11BrClN5O. The van der Waals surface area contributed by atoms with Gasteiger partial charge in [0.15, 0.2) is 0 Å². The maximum atomic E-state index is 12.1. The Hall–Kier alpha value is -1.70. The first-order valence-corrected chi connectivity index (χ1v) is 6.75. The fourth-order valence-corrected chi connectivity index (χ4v) is 1.93. The third-order valence-corrected chi connectivity index (χ3v) is 3.50. The average molecular weight is 357 g/mol. The van der Waals surface area contributed by atoms with Gasteiger partial charge < -0.3 is 10.7 Å². The number of halogens is 2. The molecule has 0 aliphatic heterocycles. The number of hydrazine groups is 1. The minimum Gasteiger partial charge on any atom is -0.308 e. The Balaban J connectivity index is 2.23. The van der Waals surface area contributed by atoms with Gasteiger partial charge in [0.05, 0.1) is 5.69 Å². The van der Waals surface area contributed by atoms with E-state index in [4.69, 9.17) is 17.4 Å². The zero-order chi connectivity index (χ0) is 14.7. The van der Waals surface area contributed by atoms with Crippen molar-refractivity contribution in [3.8, 4) is 0 Å². The third-order valence-electron chi connectivity index (χ3n) is 2.47. The normalized spacial score (nSPS) is 10.2. The van der Waals surface area contributed by atoms with Gasteiger partial charge in [0.25, 0.3) is 5.91 Å². The van der Waals surface area contributed by atoms with Gasteiger partial charge in [-0.1, -0.05) is 11.6 Å². The van der Waals surface area contributed by atoms with Crippen LogP contribution in [0, 0.1) is 6.92 Å². The highest BCUT2D eigenvalue weighted by atomic mass is 79.9. The zero-order valence-electron chi connectivity index (χ0n) is 10.4. The predicted molar refractivity (Wildman–Crippen MR) is 81.7 cm³/mol. The van der Waals surface area contributed by atoms with E-state index >= 15 is 0 Å². The molecule has 0 atom stereocenters. The van der Waals surface area contributed by atoms with E-state index in [0.717, 1.165) is 10.2 Å². The second-order valence-electron chi connectivity index (χ2n) is 3.93. The first-order valence-electron chi connectivity index (χ1n) is 5.58. The van der Waals surface area contributed by atoms with E-state index in [2.05, 4.69) is 36.6 Å². The number of amides is 1. The fourth-order valence-electron chi connectivity index (χ4n) is 1.50. The van der Waals surface area contributed by atoms with E-state index in [1.54, 1.807) is 6.07 Å². The number of carbonyl (C=O) groups excluding carboxylic acids is 1. The summed E-state index contributed by atoms with van der Waals surface area (Å²) < 4.78 is 0.872. The number of nitrogens with one attached hydrogen (secondary N) is 2. The predicted octanol–water partition coefficient (Wildman–Crippen LogP) is 2.74. The number of nitrogens with zero attached hydrogens (tertiary/aromatic N) is 2. The van der Waals surface area contributed by atoms with Gasteiger partial charge in [-0.2, -0.15) is 0 Å². The Kier molecular flexibility index (Phi) is 4.53. The van der Waals surface area contributed by atoms with Gasteiger partial charge >= 0.3 is 0 Å². The van der Waals surface area contributed by atoms with Crippen molar-refractivity contribution in [3.05, 3.63) is 45.1 Å².